The highest BCUT2D eigenvalue weighted by atomic mass is 16.5. The van der Waals surface area contributed by atoms with Crippen molar-refractivity contribution >= 4 is 22.8 Å². The fraction of sp³-hybridized carbons (Fsp3) is 0.238. The predicted octanol–water partition coefficient (Wildman–Crippen LogP) is 1.94. The maximum atomic E-state index is 12.5. The van der Waals surface area contributed by atoms with Gasteiger partial charge in [-0.3, -0.25) is 4.79 Å². The van der Waals surface area contributed by atoms with E-state index < -0.39 is 18.1 Å². The van der Waals surface area contributed by atoms with Gasteiger partial charge < -0.3 is 20.8 Å². The van der Waals surface area contributed by atoms with Crippen LogP contribution < -0.4 is 11.1 Å². The van der Waals surface area contributed by atoms with E-state index in [-0.39, 0.29) is 5.91 Å². The smallest absolute Gasteiger partial charge is 0.328 e. The maximum absolute atomic E-state index is 12.5. The van der Waals surface area contributed by atoms with Crippen LogP contribution in [0.3, 0.4) is 0 Å². The minimum atomic E-state index is -0.802. The Kier molecular flexibility index (Phi) is 5.88. The van der Waals surface area contributed by atoms with Crippen molar-refractivity contribution in [3.63, 3.8) is 0 Å². The molecule has 2 atom stereocenters. The zero-order valence-corrected chi connectivity index (χ0v) is 15.1. The van der Waals surface area contributed by atoms with Crippen molar-refractivity contribution in [2.45, 2.75) is 24.9 Å². The van der Waals surface area contributed by atoms with Crippen LogP contribution in [0.1, 0.15) is 11.1 Å². The predicted molar refractivity (Wildman–Crippen MR) is 104 cm³/mol. The Labute approximate surface area is 157 Å². The van der Waals surface area contributed by atoms with E-state index in [0.29, 0.717) is 12.8 Å². The first kappa shape index (κ1) is 18.7. The third-order valence-electron chi connectivity index (χ3n) is 4.54. The van der Waals surface area contributed by atoms with Gasteiger partial charge in [0.2, 0.25) is 5.91 Å². The average molecular weight is 365 g/mol. The first-order valence-electron chi connectivity index (χ1n) is 8.81. The van der Waals surface area contributed by atoms with Crippen LogP contribution in [0, 0.1) is 0 Å². The van der Waals surface area contributed by atoms with Crippen molar-refractivity contribution < 1.29 is 14.3 Å². The Morgan fingerprint density at radius 1 is 1.07 bits per heavy atom. The summed E-state index contributed by atoms with van der Waals surface area (Å²) in [7, 11) is 1.31. The summed E-state index contributed by atoms with van der Waals surface area (Å²) < 4.78 is 4.87. The van der Waals surface area contributed by atoms with Gasteiger partial charge in [-0.05, 0) is 23.6 Å². The Balaban J connectivity index is 1.71. The third-order valence-corrected chi connectivity index (χ3v) is 4.54. The molecule has 0 radical (unpaired) electrons. The molecule has 0 spiro atoms. The highest BCUT2D eigenvalue weighted by molar-refractivity contribution is 5.89. The average Bonchev–Trinajstić information content (AvgIpc) is 3.10. The number of H-pyrrole nitrogens is 1. The van der Waals surface area contributed by atoms with E-state index in [1.165, 1.54) is 7.11 Å². The summed E-state index contributed by atoms with van der Waals surface area (Å²) >= 11 is 0. The molecule has 0 bridgehead atoms. The molecule has 0 aliphatic carbocycles. The van der Waals surface area contributed by atoms with Gasteiger partial charge in [0.15, 0.2) is 0 Å². The molecule has 3 aromatic rings. The van der Waals surface area contributed by atoms with E-state index in [0.717, 1.165) is 22.0 Å². The molecular formula is C21H23N3O3. The second-order valence-corrected chi connectivity index (χ2v) is 6.44. The van der Waals surface area contributed by atoms with E-state index in [2.05, 4.69) is 10.3 Å². The Bertz CT molecular complexity index is 921. The number of hydrogen-bond acceptors (Lipinski definition) is 4. The number of para-hydroxylation sites is 1. The number of nitrogens with two attached hydrogens (primary N) is 1. The number of ether oxygens (including phenoxy) is 1. The molecule has 1 aromatic heterocycles. The highest BCUT2D eigenvalue weighted by Gasteiger charge is 2.25. The van der Waals surface area contributed by atoms with Crippen molar-refractivity contribution in [2.75, 3.05) is 7.11 Å². The molecule has 1 amide bonds. The number of benzene rings is 2. The van der Waals surface area contributed by atoms with E-state index >= 15 is 0 Å². The van der Waals surface area contributed by atoms with Crippen LogP contribution >= 0.6 is 0 Å². The lowest BCUT2D eigenvalue weighted by atomic mass is 10.0. The van der Waals surface area contributed by atoms with Gasteiger partial charge in [-0.25, -0.2) is 4.79 Å². The second kappa shape index (κ2) is 8.51. The van der Waals surface area contributed by atoms with Gasteiger partial charge in [0.25, 0.3) is 0 Å². The van der Waals surface area contributed by atoms with Crippen LogP contribution in [-0.2, 0) is 27.2 Å². The molecule has 6 nitrogen and oxygen atoms in total. The van der Waals surface area contributed by atoms with E-state index in [9.17, 15) is 9.59 Å². The first-order valence-corrected chi connectivity index (χ1v) is 8.81. The molecule has 0 aliphatic rings. The van der Waals surface area contributed by atoms with Crippen LogP contribution in [0.4, 0.5) is 0 Å². The number of carbonyl (C=O) groups is 2. The van der Waals surface area contributed by atoms with Crippen LogP contribution in [0.25, 0.3) is 10.9 Å². The molecule has 140 valence electrons. The third kappa shape index (κ3) is 4.54. The van der Waals surface area contributed by atoms with Crippen LogP contribution in [0.2, 0.25) is 0 Å². The number of hydrogen-bond donors (Lipinski definition) is 3. The molecule has 6 heteroatoms. The minimum absolute atomic E-state index is 0.320. The number of aromatic nitrogens is 1. The molecule has 0 unspecified atom stereocenters. The van der Waals surface area contributed by atoms with Crippen LogP contribution in [0.5, 0.6) is 0 Å². The van der Waals surface area contributed by atoms with Gasteiger partial charge >= 0.3 is 5.97 Å². The molecule has 0 aliphatic heterocycles. The van der Waals surface area contributed by atoms with Crippen LogP contribution in [0.15, 0.2) is 60.8 Å². The lowest BCUT2D eigenvalue weighted by Crippen LogP contribution is -2.50. The monoisotopic (exact) mass is 365 g/mol. The quantitative estimate of drug-likeness (QED) is 0.558. The molecule has 0 saturated carbocycles. The second-order valence-electron chi connectivity index (χ2n) is 6.44. The molecular weight excluding hydrogens is 342 g/mol. The molecule has 2 aromatic carbocycles. The van der Waals surface area contributed by atoms with Crippen molar-refractivity contribution in [3.05, 3.63) is 71.9 Å². The Morgan fingerprint density at radius 2 is 1.78 bits per heavy atom. The summed E-state index contributed by atoms with van der Waals surface area (Å²) in [4.78, 5) is 27.9. The lowest BCUT2D eigenvalue weighted by Gasteiger charge is -2.19. The van der Waals surface area contributed by atoms with Gasteiger partial charge in [0.1, 0.15) is 6.04 Å². The number of fused-ring (bicyclic) bond motifs is 1. The number of amides is 1. The molecule has 3 rings (SSSR count). The largest absolute Gasteiger partial charge is 0.467 e. The zero-order chi connectivity index (χ0) is 19.2. The summed E-state index contributed by atoms with van der Waals surface area (Å²) in [6.45, 7) is 0. The van der Waals surface area contributed by atoms with E-state index in [4.69, 9.17) is 10.5 Å². The first-order chi connectivity index (χ1) is 13.1. The Morgan fingerprint density at radius 3 is 2.52 bits per heavy atom. The van der Waals surface area contributed by atoms with Crippen molar-refractivity contribution in [1.29, 1.82) is 0 Å². The fourth-order valence-corrected chi connectivity index (χ4v) is 3.10. The maximum Gasteiger partial charge on any atom is 0.328 e. The van der Waals surface area contributed by atoms with Crippen molar-refractivity contribution in [1.82, 2.24) is 10.3 Å². The number of carbonyl (C=O) groups excluding carboxylic acids is 2. The van der Waals surface area contributed by atoms with Gasteiger partial charge in [0.05, 0.1) is 13.2 Å². The summed E-state index contributed by atoms with van der Waals surface area (Å²) in [5.41, 5.74) is 8.90. The molecule has 27 heavy (non-hydrogen) atoms. The summed E-state index contributed by atoms with van der Waals surface area (Å²) in [5.74, 6) is -0.880. The standard InChI is InChI=1S/C21H23N3O3/c1-27-21(26)19(12-15-13-23-18-10-6-5-9-16(15)18)24-20(25)17(22)11-14-7-3-2-4-8-14/h2-10,13,17,19,23H,11-12,22H2,1H3,(H,24,25)/t17-,19-/m0/s1. The van der Waals surface area contributed by atoms with Crippen molar-refractivity contribution in [3.8, 4) is 0 Å². The summed E-state index contributed by atoms with van der Waals surface area (Å²) in [5, 5.41) is 3.75. The fourth-order valence-electron chi connectivity index (χ4n) is 3.10. The Hall–Kier alpha value is -3.12. The van der Waals surface area contributed by atoms with Crippen LogP contribution in [-0.4, -0.2) is 36.1 Å². The lowest BCUT2D eigenvalue weighted by molar-refractivity contribution is -0.145. The van der Waals surface area contributed by atoms with Gasteiger partial charge in [-0.15, -0.1) is 0 Å². The van der Waals surface area contributed by atoms with E-state index in [1.807, 2.05) is 60.8 Å². The van der Waals surface area contributed by atoms with Gasteiger partial charge in [-0.1, -0.05) is 48.5 Å². The SMILES string of the molecule is COC(=O)[C@H](Cc1c[nH]c2ccccc12)NC(=O)[C@@H](N)Cc1ccccc1. The number of nitrogens with one attached hydrogen (secondary N) is 2. The van der Waals surface area contributed by atoms with E-state index in [1.54, 1.807) is 0 Å². The summed E-state index contributed by atoms with van der Waals surface area (Å²) in [6.07, 6.45) is 2.56. The van der Waals surface area contributed by atoms with Gasteiger partial charge in [-0.2, -0.15) is 0 Å². The summed E-state index contributed by atoms with van der Waals surface area (Å²) in [6, 6.07) is 15.8. The molecule has 1 heterocycles. The number of methoxy groups -OCH3 is 1. The number of aromatic amines is 1. The topological polar surface area (TPSA) is 97.2 Å². The molecule has 0 fully saturated rings. The number of rotatable bonds is 7. The van der Waals surface area contributed by atoms with Gasteiger partial charge in [0, 0.05) is 23.5 Å². The number of esters is 1. The molecule has 4 N–H and O–H groups in total. The zero-order valence-electron chi connectivity index (χ0n) is 15.1. The highest BCUT2D eigenvalue weighted by Crippen LogP contribution is 2.19. The minimum Gasteiger partial charge on any atom is -0.467 e. The normalized spacial score (nSPS) is 13.1. The molecule has 0 saturated heterocycles. The van der Waals surface area contributed by atoms with Crippen molar-refractivity contribution in [2.24, 2.45) is 5.73 Å².